The van der Waals surface area contributed by atoms with Crippen LogP contribution in [-0.4, -0.2) is 10.1 Å². The first kappa shape index (κ1) is 15.0. The van der Waals surface area contributed by atoms with E-state index < -0.39 is 0 Å². The number of rotatable bonds is 1. The fourth-order valence-electron chi connectivity index (χ4n) is 2.31. The molecule has 0 saturated carbocycles. The van der Waals surface area contributed by atoms with Crippen molar-refractivity contribution in [3.05, 3.63) is 47.1 Å². The van der Waals surface area contributed by atoms with E-state index >= 15 is 0 Å². The van der Waals surface area contributed by atoms with E-state index in [1.54, 1.807) is 0 Å². The van der Waals surface area contributed by atoms with E-state index in [1.807, 2.05) is 0 Å². The molecule has 0 radical (unpaired) electrons. The van der Waals surface area contributed by atoms with Gasteiger partial charge in [-0.05, 0) is 17.5 Å². The minimum Gasteiger partial charge on any atom is -0.338 e. The Bertz CT molecular complexity index is 589. The van der Waals surface area contributed by atoms with Crippen molar-refractivity contribution in [3.63, 3.8) is 0 Å². The van der Waals surface area contributed by atoms with E-state index in [0.717, 1.165) is 18.8 Å². The second-order valence-corrected chi connectivity index (χ2v) is 6.11. The number of nitrogens with zero attached hydrogens (tertiary/aromatic N) is 2. The van der Waals surface area contributed by atoms with Crippen molar-refractivity contribution in [2.75, 3.05) is 0 Å². The molecule has 0 unspecified atom stereocenters. The molecule has 0 bridgehead atoms. The molecule has 2 heterocycles. The monoisotopic (exact) mass is 293 g/mol. The molecule has 20 heavy (non-hydrogen) atoms. The fraction of sp³-hybridized carbons (Fsp3) is 0.467. The van der Waals surface area contributed by atoms with Gasteiger partial charge in [-0.3, -0.25) is 0 Å². The molecule has 1 aliphatic heterocycles. The van der Waals surface area contributed by atoms with Crippen LogP contribution in [0, 0.1) is 0 Å². The van der Waals surface area contributed by atoms with Gasteiger partial charge in [-0.1, -0.05) is 50.2 Å². The molecule has 1 aliphatic rings. The lowest BCUT2D eigenvalue weighted by molar-refractivity contribution is 0.315. The van der Waals surface area contributed by atoms with Crippen LogP contribution in [0.15, 0.2) is 28.8 Å². The Hall–Kier alpha value is -1.39. The average molecular weight is 294 g/mol. The third kappa shape index (κ3) is 2.86. The first-order valence-corrected chi connectivity index (χ1v) is 6.68. The summed E-state index contributed by atoms with van der Waals surface area (Å²) in [7, 11) is 0. The number of aromatic nitrogens is 2. The lowest BCUT2D eigenvalue weighted by Crippen LogP contribution is -2.28. The number of benzene rings is 1. The predicted molar refractivity (Wildman–Crippen MR) is 80.0 cm³/mol. The molecule has 2 aromatic rings. The normalized spacial score (nSPS) is 18.2. The molecule has 5 heteroatoms. The highest BCUT2D eigenvalue weighted by molar-refractivity contribution is 5.85. The van der Waals surface area contributed by atoms with E-state index in [1.165, 1.54) is 11.1 Å². The number of halogens is 1. The van der Waals surface area contributed by atoms with Gasteiger partial charge in [0.1, 0.15) is 0 Å². The summed E-state index contributed by atoms with van der Waals surface area (Å²) in [6, 6.07) is 8.61. The molecule has 0 spiro atoms. The van der Waals surface area contributed by atoms with Crippen LogP contribution >= 0.6 is 12.4 Å². The Morgan fingerprint density at radius 1 is 1.20 bits per heavy atom. The summed E-state index contributed by atoms with van der Waals surface area (Å²) in [6.45, 7) is 7.12. The molecule has 0 saturated heterocycles. The third-order valence-electron chi connectivity index (χ3n) is 3.49. The molecular formula is C15H20ClN3O. The summed E-state index contributed by atoms with van der Waals surface area (Å²) >= 11 is 0. The molecule has 1 atom stereocenters. The van der Waals surface area contributed by atoms with Gasteiger partial charge >= 0.3 is 0 Å². The van der Waals surface area contributed by atoms with Gasteiger partial charge in [-0.25, -0.2) is 0 Å². The second kappa shape index (κ2) is 5.54. The van der Waals surface area contributed by atoms with Crippen molar-refractivity contribution in [3.8, 4) is 0 Å². The van der Waals surface area contributed by atoms with Crippen LogP contribution in [-0.2, 0) is 18.4 Å². The van der Waals surface area contributed by atoms with Crippen molar-refractivity contribution in [1.82, 2.24) is 15.5 Å². The Balaban J connectivity index is 0.00000147. The summed E-state index contributed by atoms with van der Waals surface area (Å²) in [6.07, 6.45) is 0.905. The fourth-order valence-corrected chi connectivity index (χ4v) is 2.31. The van der Waals surface area contributed by atoms with E-state index in [-0.39, 0.29) is 23.9 Å². The lowest BCUT2D eigenvalue weighted by Gasteiger charge is -2.23. The molecule has 0 aliphatic carbocycles. The zero-order valence-electron chi connectivity index (χ0n) is 12.0. The standard InChI is InChI=1S/C15H19N3O.ClH/c1-15(2,3)14-17-13(19-18-14)12-8-10-6-4-5-7-11(10)9-16-12;/h4-7,12,16H,8-9H2,1-3H3;1H/t12-;/m1./s1. The van der Waals surface area contributed by atoms with Gasteiger partial charge in [0.2, 0.25) is 5.89 Å². The summed E-state index contributed by atoms with van der Waals surface area (Å²) in [4.78, 5) is 4.54. The van der Waals surface area contributed by atoms with Crippen molar-refractivity contribution in [2.45, 2.75) is 45.2 Å². The molecular weight excluding hydrogens is 274 g/mol. The molecule has 0 fully saturated rings. The number of hydrogen-bond acceptors (Lipinski definition) is 4. The topological polar surface area (TPSA) is 51.0 Å². The summed E-state index contributed by atoms with van der Waals surface area (Å²) in [5, 5.41) is 7.55. The largest absolute Gasteiger partial charge is 0.338 e. The second-order valence-electron chi connectivity index (χ2n) is 6.11. The van der Waals surface area contributed by atoms with Crippen LogP contribution in [0.1, 0.15) is 49.7 Å². The van der Waals surface area contributed by atoms with Gasteiger partial charge in [0.05, 0.1) is 6.04 Å². The minimum absolute atomic E-state index is 0. The van der Waals surface area contributed by atoms with Crippen LogP contribution in [0.4, 0.5) is 0 Å². The van der Waals surface area contributed by atoms with Gasteiger partial charge < -0.3 is 9.84 Å². The maximum absolute atomic E-state index is 5.42. The maximum atomic E-state index is 5.42. The molecule has 1 aromatic carbocycles. The Kier molecular flexibility index (Phi) is 4.16. The van der Waals surface area contributed by atoms with Crippen molar-refractivity contribution in [2.24, 2.45) is 0 Å². The minimum atomic E-state index is -0.0751. The number of nitrogens with one attached hydrogen (secondary N) is 1. The SMILES string of the molecule is CC(C)(C)c1noc([C@H]2Cc3ccccc3CN2)n1.Cl. The van der Waals surface area contributed by atoms with Crippen LogP contribution in [0.25, 0.3) is 0 Å². The highest BCUT2D eigenvalue weighted by atomic mass is 35.5. The summed E-state index contributed by atoms with van der Waals surface area (Å²) < 4.78 is 5.42. The molecule has 1 aromatic heterocycles. The van der Waals surface area contributed by atoms with E-state index in [2.05, 4.69) is 60.5 Å². The highest BCUT2D eigenvalue weighted by Crippen LogP contribution is 2.26. The van der Waals surface area contributed by atoms with Gasteiger partial charge in [0.15, 0.2) is 5.82 Å². The molecule has 4 nitrogen and oxygen atoms in total. The van der Waals surface area contributed by atoms with Gasteiger partial charge in [0, 0.05) is 12.0 Å². The van der Waals surface area contributed by atoms with Crippen LogP contribution in [0.5, 0.6) is 0 Å². The first-order valence-electron chi connectivity index (χ1n) is 6.68. The maximum Gasteiger partial charge on any atom is 0.244 e. The highest BCUT2D eigenvalue weighted by Gasteiger charge is 2.27. The van der Waals surface area contributed by atoms with Gasteiger partial charge in [-0.2, -0.15) is 4.98 Å². The van der Waals surface area contributed by atoms with E-state index in [9.17, 15) is 0 Å². The third-order valence-corrected chi connectivity index (χ3v) is 3.49. The van der Waals surface area contributed by atoms with Gasteiger partial charge in [-0.15, -0.1) is 12.4 Å². The van der Waals surface area contributed by atoms with E-state index in [4.69, 9.17) is 4.52 Å². The van der Waals surface area contributed by atoms with Crippen LogP contribution < -0.4 is 5.32 Å². The smallest absolute Gasteiger partial charge is 0.244 e. The zero-order chi connectivity index (χ0) is 13.5. The Morgan fingerprint density at radius 2 is 1.90 bits per heavy atom. The molecule has 1 N–H and O–H groups in total. The molecule has 3 rings (SSSR count). The molecule has 108 valence electrons. The van der Waals surface area contributed by atoms with E-state index in [0.29, 0.717) is 5.89 Å². The van der Waals surface area contributed by atoms with Gasteiger partial charge in [0.25, 0.3) is 0 Å². The Morgan fingerprint density at radius 3 is 2.55 bits per heavy atom. The zero-order valence-corrected chi connectivity index (χ0v) is 12.8. The van der Waals surface area contributed by atoms with Crippen molar-refractivity contribution < 1.29 is 4.52 Å². The average Bonchev–Trinajstić information content (AvgIpc) is 2.87. The lowest BCUT2D eigenvalue weighted by atomic mass is 9.95. The number of fused-ring (bicyclic) bond motifs is 1. The quantitative estimate of drug-likeness (QED) is 0.877. The first-order chi connectivity index (χ1) is 9.04. The van der Waals surface area contributed by atoms with Crippen molar-refractivity contribution in [1.29, 1.82) is 0 Å². The van der Waals surface area contributed by atoms with Crippen LogP contribution in [0.3, 0.4) is 0 Å². The Labute approximate surface area is 125 Å². The predicted octanol–water partition coefficient (Wildman–Crippen LogP) is 3.18. The summed E-state index contributed by atoms with van der Waals surface area (Å²) in [5.41, 5.74) is 2.64. The van der Waals surface area contributed by atoms with Crippen LogP contribution in [0.2, 0.25) is 0 Å². The van der Waals surface area contributed by atoms with Crippen molar-refractivity contribution >= 4 is 12.4 Å². The number of hydrogen-bond donors (Lipinski definition) is 1. The summed E-state index contributed by atoms with van der Waals surface area (Å²) in [5.74, 6) is 1.46. The molecule has 0 amide bonds.